The summed E-state index contributed by atoms with van der Waals surface area (Å²) in [5.41, 5.74) is -0.00930. The van der Waals surface area contributed by atoms with Gasteiger partial charge in [0.2, 0.25) is 11.8 Å². The molecule has 0 saturated heterocycles. The van der Waals surface area contributed by atoms with E-state index in [0.29, 0.717) is 34.6 Å². The van der Waals surface area contributed by atoms with Gasteiger partial charge in [-0.2, -0.15) is 13.2 Å². The number of hydrogen-bond donors (Lipinski definition) is 0. The Morgan fingerprint density at radius 1 is 1.00 bits per heavy atom. The second-order valence-electron chi connectivity index (χ2n) is 11.6. The fraction of sp³-hybridized carbons (Fsp3) is 0.375. The number of pyridine rings is 2. The van der Waals surface area contributed by atoms with Crippen LogP contribution in [-0.4, -0.2) is 46.4 Å². The zero-order chi connectivity index (χ0) is 32.0. The molecule has 0 radical (unpaired) electrons. The first-order valence-corrected chi connectivity index (χ1v) is 14.3. The Bertz CT molecular complexity index is 1790. The first kappa shape index (κ1) is 31.0. The Morgan fingerprint density at radius 2 is 1.75 bits per heavy atom. The molecule has 9 nitrogen and oxygen atoms in total. The van der Waals surface area contributed by atoms with Crippen LogP contribution in [0.4, 0.5) is 24.5 Å². The van der Waals surface area contributed by atoms with Crippen LogP contribution < -0.4 is 15.4 Å². The molecule has 0 aliphatic carbocycles. The molecular weight excluding hydrogens is 575 g/mol. The van der Waals surface area contributed by atoms with Gasteiger partial charge >= 0.3 is 6.18 Å². The highest BCUT2D eigenvalue weighted by molar-refractivity contribution is 6.19. The van der Waals surface area contributed by atoms with Crippen molar-refractivity contribution < 1.29 is 27.2 Å². The van der Waals surface area contributed by atoms with Crippen molar-refractivity contribution in [2.45, 2.75) is 53.5 Å². The summed E-state index contributed by atoms with van der Waals surface area (Å²) in [6, 6.07) is 9.67. The number of benzene rings is 1. The minimum absolute atomic E-state index is 0.000168. The zero-order valence-electron chi connectivity index (χ0n) is 25.2. The molecule has 5 rings (SSSR count). The number of carbonyl (C=O) groups is 2. The quantitative estimate of drug-likeness (QED) is 0.250. The fourth-order valence-corrected chi connectivity index (χ4v) is 5.72. The number of anilines is 2. The monoisotopic (exact) mass is 609 g/mol. The van der Waals surface area contributed by atoms with Crippen LogP contribution in [0.1, 0.15) is 43.2 Å². The largest absolute Gasteiger partial charge is 0.461 e. The molecule has 0 bridgehead atoms. The summed E-state index contributed by atoms with van der Waals surface area (Å²) >= 11 is 0. The molecule has 3 aromatic heterocycles. The van der Waals surface area contributed by atoms with Gasteiger partial charge in [-0.1, -0.05) is 6.07 Å². The molecule has 12 heteroatoms. The highest BCUT2D eigenvalue weighted by Crippen LogP contribution is 2.39. The molecule has 4 aromatic rings. The predicted molar refractivity (Wildman–Crippen MR) is 160 cm³/mol. The summed E-state index contributed by atoms with van der Waals surface area (Å²) in [4.78, 5) is 48.5. The van der Waals surface area contributed by atoms with Crippen molar-refractivity contribution in [1.82, 2.24) is 14.5 Å². The Kier molecular flexibility index (Phi) is 8.15. The maximum absolute atomic E-state index is 13.9. The van der Waals surface area contributed by atoms with Crippen molar-refractivity contribution in [3.63, 3.8) is 0 Å². The highest BCUT2D eigenvalue weighted by Gasteiger charge is 2.45. The molecule has 4 heterocycles. The van der Waals surface area contributed by atoms with Gasteiger partial charge in [-0.15, -0.1) is 0 Å². The molecule has 0 N–H and O–H groups in total. The highest BCUT2D eigenvalue weighted by atomic mass is 19.4. The van der Waals surface area contributed by atoms with Crippen LogP contribution in [0.5, 0.6) is 0 Å². The molecule has 2 amide bonds. The third kappa shape index (κ3) is 5.73. The van der Waals surface area contributed by atoms with Gasteiger partial charge in [0.1, 0.15) is 16.8 Å². The van der Waals surface area contributed by atoms with Crippen LogP contribution in [0, 0.1) is 12.3 Å². The van der Waals surface area contributed by atoms with E-state index in [1.807, 2.05) is 6.92 Å². The number of nitrogens with zero attached hydrogens (tertiary/aromatic N) is 5. The van der Waals surface area contributed by atoms with Gasteiger partial charge in [0.05, 0.1) is 22.3 Å². The van der Waals surface area contributed by atoms with E-state index in [9.17, 15) is 27.6 Å². The molecule has 1 aromatic carbocycles. The number of carbonyl (C=O) groups excluding carboxylic acids is 2. The minimum Gasteiger partial charge on any atom is -0.461 e. The number of aromatic nitrogens is 2. The van der Waals surface area contributed by atoms with Crippen molar-refractivity contribution in [3.8, 4) is 0 Å². The number of rotatable bonds is 8. The summed E-state index contributed by atoms with van der Waals surface area (Å²) in [6.07, 6.45) is -0.641. The van der Waals surface area contributed by atoms with Crippen LogP contribution in [0.15, 0.2) is 64.2 Å². The normalized spacial score (nSPS) is 15.3. The van der Waals surface area contributed by atoms with Gasteiger partial charge < -0.3 is 18.8 Å². The summed E-state index contributed by atoms with van der Waals surface area (Å²) in [5, 5.41) is 0.430. The molecule has 0 fully saturated rings. The number of fused-ring (bicyclic) bond motifs is 2. The maximum Gasteiger partial charge on any atom is 0.416 e. The van der Waals surface area contributed by atoms with Crippen molar-refractivity contribution >= 4 is 34.2 Å². The lowest BCUT2D eigenvalue weighted by Gasteiger charge is -2.27. The van der Waals surface area contributed by atoms with E-state index in [0.717, 1.165) is 17.8 Å². The standard InChI is InChI=1S/C32H34F3N5O4/c1-6-40-25-8-7-21(16-26(25)37(5)29(42)31(3,4)30(40)43)18-38(19-22-17-36-11-9-24(22)32(33,34)35)13-14-39-12-10-27-23(28(39)41)15-20(2)44-27/h7-12,15-17H,6,13-14,18-19H2,1-5H3. The van der Waals surface area contributed by atoms with Crippen molar-refractivity contribution in [2.75, 3.05) is 29.9 Å². The first-order chi connectivity index (χ1) is 20.7. The second kappa shape index (κ2) is 11.6. The molecule has 232 valence electrons. The molecular formula is C32H34F3N5O4. The lowest BCUT2D eigenvalue weighted by molar-refractivity contribution is -0.139. The lowest BCUT2D eigenvalue weighted by Crippen LogP contribution is -2.47. The van der Waals surface area contributed by atoms with Crippen LogP contribution >= 0.6 is 0 Å². The van der Waals surface area contributed by atoms with E-state index in [1.165, 1.54) is 15.7 Å². The third-order valence-electron chi connectivity index (χ3n) is 8.07. The van der Waals surface area contributed by atoms with Crippen molar-refractivity contribution in [3.05, 3.63) is 87.8 Å². The number of halogens is 3. The van der Waals surface area contributed by atoms with E-state index < -0.39 is 17.2 Å². The van der Waals surface area contributed by atoms with Crippen LogP contribution in [-0.2, 0) is 35.4 Å². The topological polar surface area (TPSA) is 91.9 Å². The summed E-state index contributed by atoms with van der Waals surface area (Å²) in [6.45, 7) is 7.68. The Labute approximate surface area is 252 Å². The number of hydrogen-bond acceptors (Lipinski definition) is 6. The summed E-state index contributed by atoms with van der Waals surface area (Å²) in [7, 11) is 1.61. The molecule has 0 spiro atoms. The van der Waals surface area contributed by atoms with E-state index >= 15 is 0 Å². The van der Waals surface area contributed by atoms with Crippen LogP contribution in [0.2, 0.25) is 0 Å². The first-order valence-electron chi connectivity index (χ1n) is 14.3. The van der Waals surface area contributed by atoms with Crippen LogP contribution in [0.25, 0.3) is 11.0 Å². The Hall–Kier alpha value is -4.45. The van der Waals surface area contributed by atoms with Crippen molar-refractivity contribution in [2.24, 2.45) is 5.41 Å². The van der Waals surface area contributed by atoms with E-state index in [4.69, 9.17) is 4.42 Å². The molecule has 0 atom stereocenters. The second-order valence-corrected chi connectivity index (χ2v) is 11.6. The third-order valence-corrected chi connectivity index (χ3v) is 8.07. The molecule has 0 saturated carbocycles. The Balaban J connectivity index is 1.50. The molecule has 1 aliphatic heterocycles. The number of alkyl halides is 3. The smallest absolute Gasteiger partial charge is 0.416 e. The zero-order valence-corrected chi connectivity index (χ0v) is 25.2. The lowest BCUT2D eigenvalue weighted by atomic mass is 9.90. The number of furan rings is 1. The molecule has 44 heavy (non-hydrogen) atoms. The maximum atomic E-state index is 13.9. The number of amides is 2. The van der Waals surface area contributed by atoms with Crippen LogP contribution in [0.3, 0.4) is 0 Å². The summed E-state index contributed by atoms with van der Waals surface area (Å²) in [5.74, 6) is -0.0642. The SMILES string of the molecule is CCN1C(=O)C(C)(C)C(=O)N(C)c2cc(CN(CCn3ccc4oc(C)cc4c3=O)Cc3cnccc3C(F)(F)F)ccc21. The fourth-order valence-electron chi connectivity index (χ4n) is 5.72. The van der Waals surface area contributed by atoms with Gasteiger partial charge in [0, 0.05) is 58.4 Å². The van der Waals surface area contributed by atoms with Gasteiger partial charge in [-0.05, 0) is 69.2 Å². The van der Waals surface area contributed by atoms with Gasteiger partial charge in [0.25, 0.3) is 5.56 Å². The summed E-state index contributed by atoms with van der Waals surface area (Å²) < 4.78 is 48.7. The Morgan fingerprint density at radius 3 is 2.45 bits per heavy atom. The van der Waals surface area contributed by atoms with Gasteiger partial charge in [-0.3, -0.25) is 24.3 Å². The predicted octanol–water partition coefficient (Wildman–Crippen LogP) is 5.37. The van der Waals surface area contributed by atoms with E-state index in [1.54, 1.807) is 74.1 Å². The molecule has 0 unspecified atom stereocenters. The average Bonchev–Trinajstić information content (AvgIpc) is 3.35. The average molecular weight is 610 g/mol. The number of aryl methyl sites for hydroxylation is 1. The van der Waals surface area contributed by atoms with E-state index in [-0.39, 0.29) is 49.1 Å². The van der Waals surface area contributed by atoms with Crippen molar-refractivity contribution in [1.29, 1.82) is 0 Å². The molecule has 1 aliphatic rings. The van der Waals surface area contributed by atoms with E-state index in [2.05, 4.69) is 4.98 Å². The minimum atomic E-state index is -4.57. The van der Waals surface area contributed by atoms with Gasteiger partial charge in [-0.25, -0.2) is 0 Å². The van der Waals surface area contributed by atoms with Gasteiger partial charge in [0.15, 0.2) is 0 Å².